The molecule has 4 heteroatoms. The summed E-state index contributed by atoms with van der Waals surface area (Å²) in [5, 5.41) is 13.0. The Bertz CT molecular complexity index is 753. The van der Waals surface area contributed by atoms with Crippen molar-refractivity contribution in [2.75, 3.05) is 13.2 Å². The van der Waals surface area contributed by atoms with E-state index in [1.165, 1.54) is 0 Å². The second kappa shape index (κ2) is 9.24. The molecule has 1 unspecified atom stereocenters. The van der Waals surface area contributed by atoms with Gasteiger partial charge in [0.05, 0.1) is 24.7 Å². The molecule has 1 aliphatic carbocycles. The zero-order valence-electron chi connectivity index (χ0n) is 16.9. The fraction of sp³-hybridized carbons (Fsp3) is 0.458. The maximum absolute atomic E-state index is 12.9. The number of carbonyl (C=O) groups is 1. The summed E-state index contributed by atoms with van der Waals surface area (Å²) in [6.45, 7) is 4.83. The van der Waals surface area contributed by atoms with Crippen LogP contribution in [0, 0.1) is 5.92 Å². The third-order valence-electron chi connectivity index (χ3n) is 5.54. The molecule has 150 valence electrons. The molecule has 0 heterocycles. The maximum Gasteiger partial charge on any atom is 0.230 e. The van der Waals surface area contributed by atoms with E-state index >= 15 is 0 Å². The molecule has 2 aromatic rings. The molecule has 2 N–H and O–H groups in total. The van der Waals surface area contributed by atoms with Gasteiger partial charge in [-0.25, -0.2) is 0 Å². The lowest BCUT2D eigenvalue weighted by molar-refractivity contribution is -0.124. The third-order valence-corrected chi connectivity index (χ3v) is 5.54. The predicted octanol–water partition coefficient (Wildman–Crippen LogP) is 4.38. The Balaban J connectivity index is 1.62. The molecular formula is C24H31NO3. The molecule has 2 aromatic carbocycles. The van der Waals surface area contributed by atoms with Gasteiger partial charge in [-0.05, 0) is 48.4 Å². The number of carbonyl (C=O) groups excluding carboxylic acids is 1. The highest BCUT2D eigenvalue weighted by atomic mass is 16.5. The van der Waals surface area contributed by atoms with Gasteiger partial charge >= 0.3 is 0 Å². The van der Waals surface area contributed by atoms with Crippen LogP contribution in [0.15, 0.2) is 54.6 Å². The number of amides is 1. The quantitative estimate of drug-likeness (QED) is 0.642. The van der Waals surface area contributed by atoms with Crippen molar-refractivity contribution in [2.45, 2.75) is 51.0 Å². The molecule has 2 atom stereocenters. The van der Waals surface area contributed by atoms with Crippen LogP contribution in [-0.2, 0) is 10.3 Å². The number of ether oxygens (including phenoxy) is 1. The van der Waals surface area contributed by atoms with Crippen LogP contribution in [-0.4, -0.2) is 24.2 Å². The van der Waals surface area contributed by atoms with Gasteiger partial charge in [-0.15, -0.1) is 0 Å². The molecule has 0 aliphatic heterocycles. The van der Waals surface area contributed by atoms with Gasteiger partial charge < -0.3 is 15.2 Å². The van der Waals surface area contributed by atoms with Crippen molar-refractivity contribution in [3.05, 3.63) is 65.7 Å². The first-order chi connectivity index (χ1) is 13.6. The molecule has 0 spiro atoms. The largest absolute Gasteiger partial charge is 0.493 e. The van der Waals surface area contributed by atoms with Crippen molar-refractivity contribution in [2.24, 2.45) is 5.92 Å². The summed E-state index contributed by atoms with van der Waals surface area (Å²) >= 11 is 0. The smallest absolute Gasteiger partial charge is 0.230 e. The fourth-order valence-corrected chi connectivity index (χ4v) is 3.64. The zero-order valence-corrected chi connectivity index (χ0v) is 16.9. The minimum absolute atomic E-state index is 0.130. The van der Waals surface area contributed by atoms with Crippen molar-refractivity contribution >= 4 is 5.91 Å². The minimum Gasteiger partial charge on any atom is -0.493 e. The molecule has 0 aromatic heterocycles. The van der Waals surface area contributed by atoms with Crippen LogP contribution in [0.3, 0.4) is 0 Å². The first kappa shape index (κ1) is 20.4. The lowest BCUT2D eigenvalue weighted by Gasteiger charge is -2.22. The fourth-order valence-electron chi connectivity index (χ4n) is 3.64. The van der Waals surface area contributed by atoms with Crippen LogP contribution in [0.25, 0.3) is 0 Å². The summed E-state index contributed by atoms with van der Waals surface area (Å²) in [5.41, 5.74) is 1.66. The Morgan fingerprint density at radius 1 is 1.14 bits per heavy atom. The Hall–Kier alpha value is -2.33. The Morgan fingerprint density at radius 2 is 1.82 bits per heavy atom. The van der Waals surface area contributed by atoms with E-state index in [1.54, 1.807) is 0 Å². The molecular weight excluding hydrogens is 350 g/mol. The Kier molecular flexibility index (Phi) is 6.74. The second-order valence-corrected chi connectivity index (χ2v) is 7.95. The average molecular weight is 382 g/mol. The molecule has 0 bridgehead atoms. The van der Waals surface area contributed by atoms with Gasteiger partial charge in [-0.3, -0.25) is 4.79 Å². The predicted molar refractivity (Wildman–Crippen MR) is 111 cm³/mol. The van der Waals surface area contributed by atoms with Crippen molar-refractivity contribution in [3.63, 3.8) is 0 Å². The van der Waals surface area contributed by atoms with Crippen LogP contribution in [0.4, 0.5) is 0 Å². The van der Waals surface area contributed by atoms with E-state index < -0.39 is 5.92 Å². The average Bonchev–Trinajstić information content (AvgIpc) is 3.49. The van der Waals surface area contributed by atoms with Gasteiger partial charge in [0.25, 0.3) is 0 Å². The summed E-state index contributed by atoms with van der Waals surface area (Å²) in [6, 6.07) is 17.6. The lowest BCUT2D eigenvalue weighted by atomic mass is 9.97. The number of aliphatic hydroxyl groups is 1. The molecule has 4 nitrogen and oxygen atoms in total. The van der Waals surface area contributed by atoms with E-state index in [4.69, 9.17) is 4.74 Å². The molecule has 1 aliphatic rings. The summed E-state index contributed by atoms with van der Waals surface area (Å²) < 4.78 is 5.83. The van der Waals surface area contributed by atoms with Crippen molar-refractivity contribution in [1.82, 2.24) is 5.32 Å². The SMILES string of the molecule is CCCC(C)COc1ccc([C@@H](CO)C(=O)NC2(c3ccccc3)CC2)cc1. The van der Waals surface area contributed by atoms with Crippen LogP contribution >= 0.6 is 0 Å². The summed E-state index contributed by atoms with van der Waals surface area (Å²) in [6.07, 6.45) is 4.17. The molecule has 0 radical (unpaired) electrons. The highest BCUT2D eigenvalue weighted by molar-refractivity contribution is 5.85. The highest BCUT2D eigenvalue weighted by Crippen LogP contribution is 2.45. The van der Waals surface area contributed by atoms with Gasteiger partial charge in [0.15, 0.2) is 0 Å². The summed E-state index contributed by atoms with van der Waals surface area (Å²) in [4.78, 5) is 12.9. The summed E-state index contributed by atoms with van der Waals surface area (Å²) in [5.74, 6) is 0.614. The molecule has 3 rings (SSSR count). The van der Waals surface area contributed by atoms with E-state index in [0.29, 0.717) is 12.5 Å². The van der Waals surface area contributed by atoms with Crippen LogP contribution in [0.1, 0.15) is 56.6 Å². The van der Waals surface area contributed by atoms with E-state index in [1.807, 2.05) is 54.6 Å². The van der Waals surface area contributed by atoms with Gasteiger partial charge in [0.2, 0.25) is 5.91 Å². The number of aliphatic hydroxyl groups excluding tert-OH is 1. The van der Waals surface area contributed by atoms with Crippen molar-refractivity contribution in [1.29, 1.82) is 0 Å². The molecule has 0 saturated heterocycles. The first-order valence-electron chi connectivity index (χ1n) is 10.3. The van der Waals surface area contributed by atoms with Gasteiger partial charge in [0, 0.05) is 0 Å². The molecule has 28 heavy (non-hydrogen) atoms. The van der Waals surface area contributed by atoms with Gasteiger partial charge in [0.1, 0.15) is 5.75 Å². The standard InChI is InChI=1S/C24H31NO3/c1-3-7-18(2)17-28-21-12-10-19(11-13-21)22(16-26)23(27)25-24(14-15-24)20-8-5-4-6-9-20/h4-6,8-13,18,22,26H,3,7,14-17H2,1-2H3,(H,25,27)/t18?,22-/m1/s1. The van der Waals surface area contributed by atoms with Gasteiger partial charge in [-0.2, -0.15) is 0 Å². The number of rotatable bonds is 10. The number of hydrogen-bond acceptors (Lipinski definition) is 3. The van der Waals surface area contributed by atoms with Gasteiger partial charge in [-0.1, -0.05) is 62.7 Å². The highest BCUT2D eigenvalue weighted by Gasteiger charge is 2.46. The van der Waals surface area contributed by atoms with Crippen molar-refractivity contribution in [3.8, 4) is 5.75 Å². The number of nitrogens with one attached hydrogen (secondary N) is 1. The molecule has 1 amide bonds. The maximum atomic E-state index is 12.9. The third kappa shape index (κ3) is 4.93. The normalized spacial score (nSPS) is 16.8. The molecule has 1 saturated carbocycles. The Morgan fingerprint density at radius 3 is 2.39 bits per heavy atom. The minimum atomic E-state index is -0.575. The first-order valence-corrected chi connectivity index (χ1v) is 10.3. The van der Waals surface area contributed by atoms with Crippen LogP contribution < -0.4 is 10.1 Å². The van der Waals surface area contributed by atoms with E-state index in [-0.39, 0.29) is 18.1 Å². The van der Waals surface area contributed by atoms with E-state index in [9.17, 15) is 9.90 Å². The Labute approximate surface area is 167 Å². The van der Waals surface area contributed by atoms with Crippen LogP contribution in [0.5, 0.6) is 5.75 Å². The number of hydrogen-bond donors (Lipinski definition) is 2. The molecule has 1 fully saturated rings. The topological polar surface area (TPSA) is 58.6 Å². The number of benzene rings is 2. The van der Waals surface area contributed by atoms with Crippen molar-refractivity contribution < 1.29 is 14.6 Å². The summed E-state index contributed by atoms with van der Waals surface area (Å²) in [7, 11) is 0. The van der Waals surface area contributed by atoms with Crippen LogP contribution in [0.2, 0.25) is 0 Å². The monoisotopic (exact) mass is 381 g/mol. The lowest BCUT2D eigenvalue weighted by Crippen LogP contribution is -2.39. The second-order valence-electron chi connectivity index (χ2n) is 7.95. The zero-order chi connectivity index (χ0) is 20.0. The van der Waals surface area contributed by atoms with E-state index in [2.05, 4.69) is 19.2 Å². The van der Waals surface area contributed by atoms with E-state index in [0.717, 1.165) is 42.6 Å².